The van der Waals surface area contributed by atoms with Crippen LogP contribution in [0.5, 0.6) is 0 Å². The van der Waals surface area contributed by atoms with Gasteiger partial charge in [-0.05, 0) is 24.3 Å². The summed E-state index contributed by atoms with van der Waals surface area (Å²) in [6, 6.07) is 7.40. The van der Waals surface area contributed by atoms with Crippen LogP contribution in [0.4, 0.5) is 0 Å². The van der Waals surface area contributed by atoms with Crippen LogP contribution in [0.2, 0.25) is 0 Å². The SMILES string of the molecule is N=C(c1ccnc(-c2cc(C(=N)N3CCN(C(O)COCC(COCC4CO4)(COCC4CO4)COCC4CO4)CC3)ccn2)c1)N1CCN(CC(O)COCC(COCC2CO2)(COCC2CO2)COCC2CO2)CC1. The number of rotatable bonds is 38. The lowest BCUT2D eigenvalue weighted by Crippen LogP contribution is -2.53. The molecule has 8 saturated heterocycles. The molecule has 8 aliphatic rings. The smallest absolute Gasteiger partial charge is 0.131 e. The number of hydrogen-bond acceptors (Lipinski definition) is 22. The minimum Gasteiger partial charge on any atom is -0.389 e. The minimum atomic E-state index is -0.840. The molecule has 0 bridgehead atoms. The van der Waals surface area contributed by atoms with E-state index < -0.39 is 23.2 Å². The topological polar surface area (TPSA) is 276 Å². The minimum absolute atomic E-state index is 0.0920. The van der Waals surface area contributed by atoms with E-state index in [1.54, 1.807) is 12.4 Å². The van der Waals surface area contributed by atoms with E-state index in [4.69, 9.17) is 66.3 Å². The lowest BCUT2D eigenvalue weighted by atomic mass is 9.92. The van der Waals surface area contributed by atoms with Crippen molar-refractivity contribution < 1.29 is 76.5 Å². The lowest BCUT2D eigenvalue weighted by molar-refractivity contribution is -0.131. The molecule has 2 aromatic heterocycles. The Morgan fingerprint density at radius 1 is 0.494 bits per heavy atom. The van der Waals surface area contributed by atoms with E-state index in [0.717, 1.165) is 0 Å². The third-order valence-corrected chi connectivity index (χ3v) is 14.6. The molecule has 8 fully saturated rings. The molecule has 0 aliphatic carbocycles. The summed E-state index contributed by atoms with van der Waals surface area (Å²) in [5.41, 5.74) is 1.45. The number of nitrogens with zero attached hydrogens (tertiary/aromatic N) is 6. The van der Waals surface area contributed by atoms with Crippen LogP contribution in [0, 0.1) is 21.6 Å². The summed E-state index contributed by atoms with van der Waals surface area (Å²) in [6.45, 7) is 15.3. The number of nitrogens with one attached hydrogen (secondary N) is 2. The summed E-state index contributed by atoms with van der Waals surface area (Å²) in [7, 11) is 0. The van der Waals surface area contributed by atoms with Gasteiger partial charge >= 0.3 is 0 Å². The van der Waals surface area contributed by atoms with Crippen LogP contribution in [0.25, 0.3) is 11.4 Å². The fraction of sp³-hybridized carbons (Fsp3) is 0.774. The molecule has 8 unspecified atom stereocenters. The summed E-state index contributed by atoms with van der Waals surface area (Å²) >= 11 is 0. The van der Waals surface area contributed by atoms with Crippen molar-refractivity contribution in [3.05, 3.63) is 47.8 Å². The quantitative estimate of drug-likeness (QED) is 0.0364. The molecule has 24 heteroatoms. The molecule has 4 N–H and O–H groups in total. The van der Waals surface area contributed by atoms with Crippen LogP contribution in [0.1, 0.15) is 11.1 Å². The average Bonchev–Trinajstić information content (AvgIpc) is 4.23. The van der Waals surface area contributed by atoms with Crippen LogP contribution < -0.4 is 0 Å². The Bertz CT molecular complexity index is 2060. The third kappa shape index (κ3) is 18.8. The third-order valence-electron chi connectivity index (χ3n) is 14.6. The van der Waals surface area contributed by atoms with Crippen LogP contribution in [-0.4, -0.2) is 305 Å². The molecule has 10 rings (SSSR count). The van der Waals surface area contributed by atoms with Gasteiger partial charge in [-0.15, -0.1) is 0 Å². The van der Waals surface area contributed by atoms with Crippen LogP contribution in [0.3, 0.4) is 0 Å². The molecule has 77 heavy (non-hydrogen) atoms. The number of aliphatic hydroxyl groups is 2. The molecular formula is C53H80N8O16. The van der Waals surface area contributed by atoms with Crippen molar-refractivity contribution in [2.75, 3.05) is 204 Å². The van der Waals surface area contributed by atoms with Gasteiger partial charge in [0, 0.05) is 82.4 Å². The Hall–Kier alpha value is -3.48. The van der Waals surface area contributed by atoms with Crippen molar-refractivity contribution in [1.82, 2.24) is 29.6 Å². The Morgan fingerprint density at radius 2 is 0.818 bits per heavy atom. The van der Waals surface area contributed by atoms with Crippen LogP contribution >= 0.6 is 0 Å². The van der Waals surface area contributed by atoms with E-state index in [-0.39, 0.29) is 63.1 Å². The van der Waals surface area contributed by atoms with Crippen molar-refractivity contribution in [1.29, 1.82) is 10.8 Å². The largest absolute Gasteiger partial charge is 0.389 e. The van der Waals surface area contributed by atoms with Crippen molar-refractivity contribution in [3.8, 4) is 11.4 Å². The Labute approximate surface area is 450 Å². The first-order valence-electron chi connectivity index (χ1n) is 27.4. The van der Waals surface area contributed by atoms with Gasteiger partial charge < -0.3 is 86.3 Å². The Morgan fingerprint density at radius 3 is 1.17 bits per heavy atom. The molecular weight excluding hydrogens is 1000 g/mol. The highest BCUT2D eigenvalue weighted by Gasteiger charge is 2.39. The second kappa shape index (κ2) is 27.8. The first-order chi connectivity index (χ1) is 37.7. The van der Waals surface area contributed by atoms with E-state index in [1.165, 1.54) is 0 Å². The summed E-state index contributed by atoms with van der Waals surface area (Å²) in [4.78, 5) is 17.5. The van der Waals surface area contributed by atoms with Crippen molar-refractivity contribution in [3.63, 3.8) is 0 Å². The summed E-state index contributed by atoms with van der Waals surface area (Å²) in [5.74, 6) is 0.748. The highest BCUT2D eigenvalue weighted by Crippen LogP contribution is 2.27. The van der Waals surface area contributed by atoms with Crippen molar-refractivity contribution >= 4 is 11.7 Å². The van der Waals surface area contributed by atoms with Gasteiger partial charge in [-0.25, -0.2) is 0 Å². The van der Waals surface area contributed by atoms with E-state index >= 15 is 0 Å². The van der Waals surface area contributed by atoms with Crippen molar-refractivity contribution in [2.45, 2.75) is 49.0 Å². The van der Waals surface area contributed by atoms with E-state index in [1.807, 2.05) is 39.0 Å². The molecule has 8 aliphatic heterocycles. The van der Waals surface area contributed by atoms with Crippen molar-refractivity contribution in [2.24, 2.45) is 10.8 Å². The van der Waals surface area contributed by atoms with E-state index in [0.29, 0.717) is 212 Å². The number of pyridine rings is 2. The van der Waals surface area contributed by atoms with Crippen LogP contribution in [-0.2, 0) is 66.3 Å². The molecule has 8 atom stereocenters. The zero-order valence-electron chi connectivity index (χ0n) is 44.3. The highest BCUT2D eigenvalue weighted by molar-refractivity contribution is 5.98. The van der Waals surface area contributed by atoms with Gasteiger partial charge in [0.25, 0.3) is 0 Å². The van der Waals surface area contributed by atoms with Gasteiger partial charge in [0.2, 0.25) is 0 Å². The molecule has 0 aromatic carbocycles. The predicted octanol–water partition coefficient (Wildman–Crippen LogP) is -0.793. The zero-order chi connectivity index (χ0) is 52.9. The van der Waals surface area contributed by atoms with Gasteiger partial charge in [-0.2, -0.15) is 0 Å². The Balaban J connectivity index is 0.653. The second-order valence-electron chi connectivity index (χ2n) is 21.9. The average molecular weight is 1090 g/mol. The Kier molecular flexibility index (Phi) is 20.5. The molecule has 428 valence electrons. The molecule has 0 saturated carbocycles. The van der Waals surface area contributed by atoms with E-state index in [9.17, 15) is 21.0 Å². The predicted molar refractivity (Wildman–Crippen MR) is 274 cm³/mol. The molecule has 24 nitrogen and oxygen atoms in total. The number of amidine groups is 2. The molecule has 10 heterocycles. The van der Waals surface area contributed by atoms with Gasteiger partial charge in [0.05, 0.1) is 174 Å². The lowest BCUT2D eigenvalue weighted by Gasteiger charge is -2.39. The molecule has 0 amide bonds. The monoisotopic (exact) mass is 1080 g/mol. The zero-order valence-corrected chi connectivity index (χ0v) is 44.3. The number of epoxide rings is 6. The molecule has 0 spiro atoms. The highest BCUT2D eigenvalue weighted by atomic mass is 16.6. The van der Waals surface area contributed by atoms with Gasteiger partial charge in [-0.1, -0.05) is 0 Å². The normalized spacial score (nSPS) is 27.1. The number of β-amino-alcohol motifs (C(OH)–C–C–N with tert-alkyl or cyclic N) is 1. The first kappa shape index (κ1) is 56.8. The second-order valence-corrected chi connectivity index (χ2v) is 21.9. The summed E-state index contributed by atoms with van der Waals surface area (Å²) in [6.07, 6.45) is 2.56. The summed E-state index contributed by atoms with van der Waals surface area (Å²) in [5, 5.41) is 40.8. The summed E-state index contributed by atoms with van der Waals surface area (Å²) < 4.78 is 81.0. The van der Waals surface area contributed by atoms with E-state index in [2.05, 4.69) is 14.9 Å². The number of aliphatic hydroxyl groups excluding tert-OH is 2. The maximum Gasteiger partial charge on any atom is 0.131 e. The maximum atomic E-state index is 11.3. The number of hydrogen-bond donors (Lipinski definition) is 4. The van der Waals surface area contributed by atoms with Gasteiger partial charge in [0.15, 0.2) is 0 Å². The molecule has 2 aromatic rings. The number of ether oxygens (including phenoxy) is 14. The molecule has 0 radical (unpaired) electrons. The fourth-order valence-electron chi connectivity index (χ4n) is 9.37. The van der Waals surface area contributed by atoms with Gasteiger partial charge in [-0.3, -0.25) is 30.6 Å². The van der Waals surface area contributed by atoms with Gasteiger partial charge in [0.1, 0.15) is 54.5 Å². The standard InChI is InChI=1S/C53H80N8O16/c54-50(60-7-5-58(6-8-60)15-40(62)16-64-30-52(31-65-17-41-23-72-41,32-66-18-42-24-73-42)33-67-19-43-25-74-43)38-1-3-56-47(13-38)48-14-39(2-4-57-48)51(55)61-11-9-59(10-12-61)49(63)29-71-37-53(34-68-20-44-26-75-44,35-69-21-45-27-76-45)36-70-22-46-28-77-46/h1-4,13-14,40-46,49,54-55,62-63H,5-12,15-37H2. The first-order valence-corrected chi connectivity index (χ1v) is 27.4. The van der Waals surface area contributed by atoms with Crippen LogP contribution in [0.15, 0.2) is 36.7 Å². The number of aromatic nitrogens is 2. The fourth-order valence-corrected chi connectivity index (χ4v) is 9.37. The number of piperazine rings is 2. The maximum absolute atomic E-state index is 11.3.